The zero-order chi connectivity index (χ0) is 19.2. The molecule has 0 aliphatic rings. The smallest absolute Gasteiger partial charge is 0.261 e. The maximum absolute atomic E-state index is 12.5. The number of nitrogens with one attached hydrogen (secondary N) is 2. The number of hydrogen-bond donors (Lipinski definition) is 2. The summed E-state index contributed by atoms with van der Waals surface area (Å²) in [5.41, 5.74) is 1.03. The number of aryl methyl sites for hydroxylation is 1. The molecule has 6 nitrogen and oxygen atoms in total. The highest BCUT2D eigenvalue weighted by molar-refractivity contribution is 7.92. The molecular weight excluding hydrogens is 376 g/mol. The number of ether oxygens (including phenoxy) is 1. The van der Waals surface area contributed by atoms with E-state index < -0.39 is 10.0 Å². The van der Waals surface area contributed by atoms with E-state index in [-0.39, 0.29) is 17.4 Å². The first-order chi connectivity index (χ1) is 12.3. The number of anilines is 1. The average Bonchev–Trinajstić information content (AvgIpc) is 2.60. The van der Waals surface area contributed by atoms with Crippen molar-refractivity contribution in [1.29, 1.82) is 0 Å². The first-order valence-electron chi connectivity index (χ1n) is 8.10. The Morgan fingerprint density at radius 2 is 1.85 bits per heavy atom. The van der Waals surface area contributed by atoms with Crippen molar-refractivity contribution in [3.8, 4) is 5.75 Å². The van der Waals surface area contributed by atoms with Crippen LogP contribution in [0.3, 0.4) is 0 Å². The zero-order valence-electron chi connectivity index (χ0n) is 14.6. The topological polar surface area (TPSA) is 84.5 Å². The van der Waals surface area contributed by atoms with Crippen LogP contribution in [0.4, 0.5) is 5.69 Å². The Labute approximate surface area is 158 Å². The van der Waals surface area contributed by atoms with Crippen molar-refractivity contribution >= 4 is 33.2 Å². The van der Waals surface area contributed by atoms with E-state index in [2.05, 4.69) is 10.0 Å². The van der Waals surface area contributed by atoms with Crippen LogP contribution in [-0.4, -0.2) is 27.5 Å². The molecule has 0 saturated heterocycles. The standard InChI is InChI=1S/C18H21ClN2O4S/c1-3-10-20-18(22)12-25-17-9-8-16(11-13(17)2)26(23,24)21-15-6-4-14(19)5-7-15/h4-9,11,21H,3,10,12H2,1-2H3,(H,20,22). The lowest BCUT2D eigenvalue weighted by atomic mass is 10.2. The molecule has 0 radical (unpaired) electrons. The largest absolute Gasteiger partial charge is 0.484 e. The first kappa shape index (κ1) is 20.1. The van der Waals surface area contributed by atoms with Gasteiger partial charge in [0.15, 0.2) is 6.61 Å². The molecule has 2 aromatic rings. The number of carbonyl (C=O) groups is 1. The molecule has 0 saturated carbocycles. The SMILES string of the molecule is CCCNC(=O)COc1ccc(S(=O)(=O)Nc2ccc(Cl)cc2)cc1C. The van der Waals surface area contributed by atoms with Crippen LogP contribution in [0.25, 0.3) is 0 Å². The lowest BCUT2D eigenvalue weighted by Crippen LogP contribution is -2.29. The van der Waals surface area contributed by atoms with Crippen LogP contribution in [0, 0.1) is 6.92 Å². The van der Waals surface area contributed by atoms with E-state index in [4.69, 9.17) is 16.3 Å². The molecule has 2 rings (SSSR count). The fraction of sp³-hybridized carbons (Fsp3) is 0.278. The fourth-order valence-corrected chi connectivity index (χ4v) is 3.41. The molecule has 0 aliphatic heterocycles. The monoisotopic (exact) mass is 396 g/mol. The van der Waals surface area contributed by atoms with E-state index in [0.29, 0.717) is 28.6 Å². The summed E-state index contributed by atoms with van der Waals surface area (Å²) in [5.74, 6) is 0.245. The van der Waals surface area contributed by atoms with Crippen molar-refractivity contribution in [3.05, 3.63) is 53.1 Å². The van der Waals surface area contributed by atoms with E-state index in [1.165, 1.54) is 12.1 Å². The molecule has 140 valence electrons. The maximum Gasteiger partial charge on any atom is 0.261 e. The summed E-state index contributed by atoms with van der Waals surface area (Å²) >= 11 is 5.80. The predicted molar refractivity (Wildman–Crippen MR) is 102 cm³/mol. The Morgan fingerprint density at radius 3 is 2.46 bits per heavy atom. The Bertz CT molecular complexity index is 867. The Morgan fingerprint density at radius 1 is 1.15 bits per heavy atom. The summed E-state index contributed by atoms with van der Waals surface area (Å²) in [5, 5.41) is 3.23. The van der Waals surface area contributed by atoms with Crippen molar-refractivity contribution in [3.63, 3.8) is 0 Å². The minimum Gasteiger partial charge on any atom is -0.484 e. The molecule has 0 unspecified atom stereocenters. The molecule has 26 heavy (non-hydrogen) atoms. The number of amides is 1. The van der Waals surface area contributed by atoms with Crippen LogP contribution in [0.5, 0.6) is 5.75 Å². The molecule has 0 heterocycles. The Kier molecular flexibility index (Phi) is 6.88. The van der Waals surface area contributed by atoms with Crippen molar-refractivity contribution in [2.75, 3.05) is 17.9 Å². The minimum absolute atomic E-state index is 0.104. The highest BCUT2D eigenvalue weighted by Gasteiger charge is 2.16. The van der Waals surface area contributed by atoms with Gasteiger partial charge in [-0.3, -0.25) is 9.52 Å². The quantitative estimate of drug-likeness (QED) is 0.716. The van der Waals surface area contributed by atoms with Gasteiger partial charge in [0.25, 0.3) is 15.9 Å². The van der Waals surface area contributed by atoms with Gasteiger partial charge in [0.2, 0.25) is 0 Å². The number of rotatable bonds is 8. The Balaban J connectivity index is 2.07. The number of carbonyl (C=O) groups excluding carboxylic acids is 1. The van der Waals surface area contributed by atoms with E-state index >= 15 is 0 Å². The van der Waals surface area contributed by atoms with Crippen molar-refractivity contribution in [1.82, 2.24) is 5.32 Å². The molecule has 0 bridgehead atoms. The summed E-state index contributed by atoms with van der Waals surface area (Å²) in [7, 11) is -3.74. The number of benzene rings is 2. The molecule has 1 amide bonds. The minimum atomic E-state index is -3.74. The van der Waals surface area contributed by atoms with Crippen LogP contribution >= 0.6 is 11.6 Å². The second-order valence-corrected chi connectivity index (χ2v) is 7.80. The van der Waals surface area contributed by atoms with E-state index in [9.17, 15) is 13.2 Å². The molecule has 0 atom stereocenters. The highest BCUT2D eigenvalue weighted by atomic mass is 35.5. The van der Waals surface area contributed by atoms with Gasteiger partial charge in [-0.15, -0.1) is 0 Å². The molecule has 8 heteroatoms. The molecule has 0 aliphatic carbocycles. The average molecular weight is 397 g/mol. The Hall–Kier alpha value is -2.25. The lowest BCUT2D eigenvalue weighted by molar-refractivity contribution is -0.123. The molecule has 0 fully saturated rings. The summed E-state index contributed by atoms with van der Waals surface area (Å²) in [6, 6.07) is 10.8. The fourth-order valence-electron chi connectivity index (χ4n) is 2.14. The zero-order valence-corrected chi connectivity index (χ0v) is 16.2. The molecule has 0 aromatic heterocycles. The van der Waals surface area contributed by atoms with Gasteiger partial charge in [0, 0.05) is 17.3 Å². The van der Waals surface area contributed by atoms with Crippen molar-refractivity contribution in [2.24, 2.45) is 0 Å². The van der Waals surface area contributed by atoms with Gasteiger partial charge in [0.1, 0.15) is 5.75 Å². The summed E-state index contributed by atoms with van der Waals surface area (Å²) in [6.45, 7) is 4.16. The third-order valence-corrected chi connectivity index (χ3v) is 5.12. The van der Waals surface area contributed by atoms with Gasteiger partial charge in [-0.25, -0.2) is 8.42 Å². The van der Waals surface area contributed by atoms with E-state index in [0.717, 1.165) is 6.42 Å². The van der Waals surface area contributed by atoms with Gasteiger partial charge in [-0.2, -0.15) is 0 Å². The number of hydrogen-bond acceptors (Lipinski definition) is 4. The molecular formula is C18H21ClN2O4S. The molecule has 2 aromatic carbocycles. The van der Waals surface area contributed by atoms with Crippen LogP contribution in [0.2, 0.25) is 5.02 Å². The van der Waals surface area contributed by atoms with Crippen LogP contribution in [0.15, 0.2) is 47.4 Å². The summed E-state index contributed by atoms with van der Waals surface area (Å²) in [4.78, 5) is 11.7. The third-order valence-electron chi connectivity index (χ3n) is 3.48. The number of sulfonamides is 1. The highest BCUT2D eigenvalue weighted by Crippen LogP contribution is 2.24. The maximum atomic E-state index is 12.5. The summed E-state index contributed by atoms with van der Waals surface area (Å²) < 4.78 is 32.9. The second-order valence-electron chi connectivity index (χ2n) is 5.68. The number of halogens is 1. The second kappa shape index (κ2) is 8.91. The predicted octanol–water partition coefficient (Wildman–Crippen LogP) is 3.35. The first-order valence-corrected chi connectivity index (χ1v) is 9.96. The van der Waals surface area contributed by atoms with Gasteiger partial charge < -0.3 is 10.1 Å². The van der Waals surface area contributed by atoms with Gasteiger partial charge in [0.05, 0.1) is 4.90 Å². The van der Waals surface area contributed by atoms with E-state index in [1.807, 2.05) is 6.92 Å². The van der Waals surface area contributed by atoms with Crippen LogP contribution < -0.4 is 14.8 Å². The van der Waals surface area contributed by atoms with E-state index in [1.54, 1.807) is 37.3 Å². The van der Waals surface area contributed by atoms with Gasteiger partial charge in [-0.05, 0) is 61.4 Å². The molecule has 2 N–H and O–H groups in total. The third kappa shape index (κ3) is 5.64. The van der Waals surface area contributed by atoms with Crippen LogP contribution in [0.1, 0.15) is 18.9 Å². The normalized spacial score (nSPS) is 11.0. The van der Waals surface area contributed by atoms with Crippen molar-refractivity contribution < 1.29 is 17.9 Å². The van der Waals surface area contributed by atoms with Crippen molar-refractivity contribution in [2.45, 2.75) is 25.2 Å². The van der Waals surface area contributed by atoms with Gasteiger partial charge in [-0.1, -0.05) is 18.5 Å². The summed E-state index contributed by atoms with van der Waals surface area (Å²) in [6.07, 6.45) is 0.845. The molecule has 0 spiro atoms. The van der Waals surface area contributed by atoms with Crippen LogP contribution in [-0.2, 0) is 14.8 Å². The lowest BCUT2D eigenvalue weighted by Gasteiger charge is -2.12. The van der Waals surface area contributed by atoms with Gasteiger partial charge >= 0.3 is 0 Å².